The number of hydrogen-bond donors (Lipinski definition) is 1. The smallest absolute Gasteiger partial charge is 0.325 e. The highest BCUT2D eigenvalue weighted by Gasteiger charge is 2.37. The summed E-state index contributed by atoms with van der Waals surface area (Å²) in [5.41, 5.74) is -3.65. The van der Waals surface area contributed by atoms with Gasteiger partial charge in [-0.15, -0.1) is 0 Å². The van der Waals surface area contributed by atoms with Crippen molar-refractivity contribution in [1.29, 1.82) is 0 Å². The van der Waals surface area contributed by atoms with E-state index in [2.05, 4.69) is 5.32 Å². The molecule has 1 saturated heterocycles. The minimum Gasteiger partial charge on any atom is -0.325 e. The average molecular weight is 523 g/mol. The number of anilines is 1. The van der Waals surface area contributed by atoms with Crippen LogP contribution >= 0.6 is 0 Å². The zero-order chi connectivity index (χ0) is 26.0. The first-order valence-corrected chi connectivity index (χ1v) is 12.0. The van der Waals surface area contributed by atoms with Gasteiger partial charge in [0, 0.05) is 31.9 Å². The number of rotatable bonds is 6. The largest absolute Gasteiger partial charge is 0.416 e. The average Bonchev–Trinajstić information content (AvgIpc) is 2.78. The molecule has 0 saturated carbocycles. The third-order valence-electron chi connectivity index (χ3n) is 5.73. The molecule has 0 spiro atoms. The Bertz CT molecular complexity index is 1110. The Kier molecular flexibility index (Phi) is 7.82. The number of amides is 1. The maximum atomic E-state index is 13.0. The predicted molar refractivity (Wildman–Crippen MR) is 116 cm³/mol. The van der Waals surface area contributed by atoms with E-state index in [9.17, 15) is 39.6 Å². The van der Waals surface area contributed by atoms with Gasteiger partial charge in [0.05, 0.1) is 22.6 Å². The van der Waals surface area contributed by atoms with Crippen LogP contribution in [0.4, 0.5) is 32.0 Å². The minimum atomic E-state index is -5.02. The van der Waals surface area contributed by atoms with Gasteiger partial charge in [0.25, 0.3) is 0 Å². The molecular formula is C22H23F6N3O3S. The lowest BCUT2D eigenvalue weighted by Gasteiger charge is -2.35. The molecule has 13 heteroatoms. The number of benzene rings is 2. The van der Waals surface area contributed by atoms with Gasteiger partial charge >= 0.3 is 12.4 Å². The van der Waals surface area contributed by atoms with Gasteiger partial charge in [-0.05, 0) is 43.2 Å². The van der Waals surface area contributed by atoms with E-state index in [-0.39, 0.29) is 23.5 Å². The van der Waals surface area contributed by atoms with Crippen LogP contribution in [0.3, 0.4) is 0 Å². The molecule has 1 N–H and O–H groups in total. The molecule has 1 aliphatic rings. The number of likely N-dealkylation sites (tertiary alicyclic amines) is 1. The SMILES string of the molecule is CN(C1CCN(CC(=O)Nc2cc(C(F)(F)F)cc(C(F)(F)F)c2)CC1)S(=O)(=O)c1ccccc1. The van der Waals surface area contributed by atoms with Gasteiger partial charge < -0.3 is 5.32 Å². The zero-order valence-electron chi connectivity index (χ0n) is 18.5. The molecule has 1 aliphatic heterocycles. The number of nitrogens with one attached hydrogen (secondary N) is 1. The third kappa shape index (κ3) is 6.73. The summed E-state index contributed by atoms with van der Waals surface area (Å²) < 4.78 is 105. The van der Waals surface area contributed by atoms with E-state index in [1.165, 1.54) is 23.5 Å². The zero-order valence-corrected chi connectivity index (χ0v) is 19.3. The van der Waals surface area contributed by atoms with Crippen LogP contribution in [0.25, 0.3) is 0 Å². The molecule has 192 valence electrons. The van der Waals surface area contributed by atoms with Crippen LogP contribution in [0.15, 0.2) is 53.4 Å². The molecule has 0 radical (unpaired) electrons. The summed E-state index contributed by atoms with van der Waals surface area (Å²) in [7, 11) is -2.23. The quantitative estimate of drug-likeness (QED) is 0.569. The number of piperidine rings is 1. The molecule has 2 aromatic carbocycles. The van der Waals surface area contributed by atoms with Crippen LogP contribution in [0, 0.1) is 0 Å². The standard InChI is InChI=1S/C22H23F6N3O3S/c1-30(35(33,34)19-5-3-2-4-6-19)18-7-9-31(10-8-18)14-20(32)29-17-12-15(21(23,24)25)11-16(13-17)22(26,27)28/h2-6,11-13,18H,7-10,14H2,1H3,(H,29,32). The number of nitrogens with zero attached hydrogens (tertiary/aromatic N) is 2. The fraction of sp³-hybridized carbons (Fsp3) is 0.409. The summed E-state index contributed by atoms with van der Waals surface area (Å²) in [5.74, 6) is -0.777. The Hall–Kier alpha value is -2.64. The molecule has 1 amide bonds. The number of halogens is 6. The maximum Gasteiger partial charge on any atom is 0.416 e. The predicted octanol–water partition coefficient (Wildman–Crippen LogP) is 4.45. The maximum absolute atomic E-state index is 13.0. The molecule has 0 aliphatic carbocycles. The van der Waals surface area contributed by atoms with Crippen LogP contribution in [0.1, 0.15) is 24.0 Å². The molecular weight excluding hydrogens is 500 g/mol. The second-order valence-electron chi connectivity index (χ2n) is 8.18. The second-order valence-corrected chi connectivity index (χ2v) is 10.2. The summed E-state index contributed by atoms with van der Waals surface area (Å²) in [6.07, 6.45) is -9.24. The lowest BCUT2D eigenvalue weighted by atomic mass is 10.1. The van der Waals surface area contributed by atoms with Gasteiger partial charge in [0.15, 0.2) is 0 Å². The van der Waals surface area contributed by atoms with Gasteiger partial charge in [-0.3, -0.25) is 9.69 Å². The first-order chi connectivity index (χ1) is 16.2. The van der Waals surface area contributed by atoms with Crippen molar-refractivity contribution in [3.05, 3.63) is 59.7 Å². The van der Waals surface area contributed by atoms with Gasteiger partial charge in [0.2, 0.25) is 15.9 Å². The van der Waals surface area contributed by atoms with Gasteiger partial charge in [-0.25, -0.2) is 8.42 Å². The molecule has 1 fully saturated rings. The first kappa shape index (κ1) is 27.0. The minimum absolute atomic E-state index is 0.0135. The van der Waals surface area contributed by atoms with Gasteiger partial charge in [0.1, 0.15) is 0 Å². The van der Waals surface area contributed by atoms with Crippen molar-refractivity contribution < 1.29 is 39.6 Å². The summed E-state index contributed by atoms with van der Waals surface area (Å²) in [6.45, 7) is 0.381. The Morgan fingerprint density at radius 3 is 1.97 bits per heavy atom. The van der Waals surface area contributed by atoms with E-state index < -0.39 is 45.1 Å². The van der Waals surface area contributed by atoms with Gasteiger partial charge in [-0.1, -0.05) is 18.2 Å². The van der Waals surface area contributed by atoms with E-state index in [0.717, 1.165) is 0 Å². The number of hydrogen-bond acceptors (Lipinski definition) is 4. The van der Waals surface area contributed by atoms with Crippen LogP contribution < -0.4 is 5.32 Å². The Labute approximate surface area is 198 Å². The molecule has 0 bridgehead atoms. The van der Waals surface area contributed by atoms with E-state index in [4.69, 9.17) is 0 Å². The van der Waals surface area contributed by atoms with Crippen molar-refractivity contribution in [1.82, 2.24) is 9.21 Å². The number of sulfonamides is 1. The third-order valence-corrected chi connectivity index (χ3v) is 7.65. The number of carbonyl (C=O) groups is 1. The van der Waals surface area contributed by atoms with E-state index in [1.807, 2.05) is 0 Å². The topological polar surface area (TPSA) is 69.7 Å². The van der Waals surface area contributed by atoms with Crippen molar-refractivity contribution in [3.8, 4) is 0 Å². The Morgan fingerprint density at radius 1 is 0.971 bits per heavy atom. The summed E-state index contributed by atoms with van der Waals surface area (Å²) >= 11 is 0. The fourth-order valence-electron chi connectivity index (χ4n) is 3.83. The van der Waals surface area contributed by atoms with Crippen molar-refractivity contribution in [2.75, 3.05) is 32.0 Å². The Balaban J connectivity index is 1.61. The van der Waals surface area contributed by atoms with Crippen LogP contribution in [-0.2, 0) is 27.2 Å². The highest BCUT2D eigenvalue weighted by atomic mass is 32.2. The highest BCUT2D eigenvalue weighted by molar-refractivity contribution is 7.89. The lowest BCUT2D eigenvalue weighted by Crippen LogP contribution is -2.47. The normalized spacial score (nSPS) is 16.5. The molecule has 35 heavy (non-hydrogen) atoms. The monoisotopic (exact) mass is 523 g/mol. The van der Waals surface area contributed by atoms with E-state index in [1.54, 1.807) is 23.1 Å². The number of alkyl halides is 6. The van der Waals surface area contributed by atoms with Crippen molar-refractivity contribution in [2.24, 2.45) is 0 Å². The Morgan fingerprint density at radius 2 is 1.49 bits per heavy atom. The molecule has 3 rings (SSSR count). The van der Waals surface area contributed by atoms with E-state index >= 15 is 0 Å². The lowest BCUT2D eigenvalue weighted by molar-refractivity contribution is -0.143. The first-order valence-electron chi connectivity index (χ1n) is 10.5. The second kappa shape index (κ2) is 10.2. The summed E-state index contributed by atoms with van der Waals surface area (Å²) in [6, 6.07) is 8.47. The van der Waals surface area contributed by atoms with Crippen molar-refractivity contribution in [2.45, 2.75) is 36.1 Å². The van der Waals surface area contributed by atoms with Gasteiger partial charge in [-0.2, -0.15) is 30.6 Å². The highest BCUT2D eigenvalue weighted by Crippen LogP contribution is 2.37. The molecule has 0 unspecified atom stereocenters. The number of carbonyl (C=O) groups excluding carboxylic acids is 1. The molecule has 0 aromatic heterocycles. The van der Waals surface area contributed by atoms with E-state index in [0.29, 0.717) is 38.1 Å². The fourth-order valence-corrected chi connectivity index (χ4v) is 5.26. The molecule has 2 aromatic rings. The molecule has 1 heterocycles. The van der Waals surface area contributed by atoms with Crippen molar-refractivity contribution >= 4 is 21.6 Å². The van der Waals surface area contributed by atoms with Crippen LogP contribution in [-0.4, -0.2) is 56.3 Å². The summed E-state index contributed by atoms with van der Waals surface area (Å²) in [5, 5.41) is 2.11. The van der Waals surface area contributed by atoms with Crippen LogP contribution in [0.2, 0.25) is 0 Å². The van der Waals surface area contributed by atoms with Crippen molar-refractivity contribution in [3.63, 3.8) is 0 Å². The molecule has 0 atom stereocenters. The summed E-state index contributed by atoms with van der Waals surface area (Å²) in [4.78, 5) is 14.2. The molecule has 6 nitrogen and oxygen atoms in total. The van der Waals surface area contributed by atoms with Crippen LogP contribution in [0.5, 0.6) is 0 Å².